The number of nitrogens with zero attached hydrogens (tertiary/aromatic N) is 2. The highest BCUT2D eigenvalue weighted by Gasteiger charge is 2.12. The largest absolute Gasteiger partial charge is 0.494 e. The quantitative estimate of drug-likeness (QED) is 0.345. The molecule has 0 saturated heterocycles. The Morgan fingerprint density at radius 3 is 2.44 bits per heavy atom. The Morgan fingerprint density at radius 2 is 1.67 bits per heavy atom. The predicted molar refractivity (Wildman–Crippen MR) is 114 cm³/mol. The fraction of sp³-hybridized carbons (Fsp3) is 0.174. The van der Waals surface area contributed by atoms with Gasteiger partial charge in [-0.3, -0.25) is 0 Å². The summed E-state index contributed by atoms with van der Waals surface area (Å²) in [6.07, 6.45) is 0.914. The zero-order valence-electron chi connectivity index (χ0n) is 15.2. The average Bonchev–Trinajstić information content (AvgIpc) is 3.06. The second-order valence-electron chi connectivity index (χ2n) is 6.60. The highest BCUT2D eigenvalue weighted by molar-refractivity contribution is 9.10. The molecule has 4 aromatic rings. The lowest BCUT2D eigenvalue weighted by atomic mass is 10.2. The molecule has 3 aromatic carbocycles. The highest BCUT2D eigenvalue weighted by Crippen LogP contribution is 2.26. The zero-order valence-corrected chi connectivity index (χ0v) is 16.8. The molecule has 3 nitrogen and oxygen atoms in total. The second-order valence-corrected chi connectivity index (χ2v) is 7.51. The summed E-state index contributed by atoms with van der Waals surface area (Å²) in [5, 5.41) is 0. The third kappa shape index (κ3) is 4.06. The van der Waals surface area contributed by atoms with Gasteiger partial charge in [0.25, 0.3) is 0 Å². The number of para-hydroxylation sites is 2. The van der Waals surface area contributed by atoms with E-state index in [0.29, 0.717) is 6.61 Å². The van der Waals surface area contributed by atoms with Crippen molar-refractivity contribution in [2.45, 2.75) is 19.9 Å². The van der Waals surface area contributed by atoms with E-state index in [4.69, 9.17) is 9.72 Å². The van der Waals surface area contributed by atoms with Crippen LogP contribution in [0, 0.1) is 6.92 Å². The first-order valence-corrected chi connectivity index (χ1v) is 9.91. The summed E-state index contributed by atoms with van der Waals surface area (Å²) in [5.74, 6) is 1.92. The normalized spacial score (nSPS) is 11.0. The molecule has 0 aliphatic carbocycles. The van der Waals surface area contributed by atoms with E-state index in [9.17, 15) is 0 Å². The van der Waals surface area contributed by atoms with Crippen LogP contribution < -0.4 is 4.74 Å². The number of imidazole rings is 1. The van der Waals surface area contributed by atoms with Crippen LogP contribution in [0.1, 0.15) is 12.0 Å². The van der Waals surface area contributed by atoms with Crippen molar-refractivity contribution in [3.63, 3.8) is 0 Å². The van der Waals surface area contributed by atoms with Gasteiger partial charge in [-0.05, 0) is 49.7 Å². The zero-order chi connectivity index (χ0) is 18.6. The van der Waals surface area contributed by atoms with E-state index in [1.165, 1.54) is 5.56 Å². The van der Waals surface area contributed by atoms with Crippen molar-refractivity contribution in [3.05, 3.63) is 82.8 Å². The van der Waals surface area contributed by atoms with Gasteiger partial charge in [0.1, 0.15) is 11.6 Å². The molecule has 0 bridgehead atoms. The Kier molecular flexibility index (Phi) is 5.26. The number of rotatable bonds is 6. The topological polar surface area (TPSA) is 27.1 Å². The van der Waals surface area contributed by atoms with Gasteiger partial charge in [-0.1, -0.05) is 57.9 Å². The minimum Gasteiger partial charge on any atom is -0.494 e. The smallest absolute Gasteiger partial charge is 0.141 e. The maximum atomic E-state index is 5.89. The van der Waals surface area contributed by atoms with Crippen LogP contribution in [0.4, 0.5) is 0 Å². The first-order valence-electron chi connectivity index (χ1n) is 9.11. The first kappa shape index (κ1) is 17.8. The van der Waals surface area contributed by atoms with Gasteiger partial charge in [-0.25, -0.2) is 4.98 Å². The molecule has 0 fully saturated rings. The minimum atomic E-state index is 0.676. The number of hydrogen-bond acceptors (Lipinski definition) is 2. The van der Waals surface area contributed by atoms with Crippen LogP contribution in [0.5, 0.6) is 5.75 Å². The standard InChI is InChI=1S/C23H21BrN2O/c1-17-7-13-20(14-8-17)27-16-4-15-26-22-6-3-2-5-21(22)25-23(26)18-9-11-19(24)12-10-18/h2-3,5-14H,4,15-16H2,1H3. The number of aromatic nitrogens is 2. The Hall–Kier alpha value is -2.59. The van der Waals surface area contributed by atoms with Crippen LogP contribution in [0.25, 0.3) is 22.4 Å². The molecule has 0 aliphatic rings. The van der Waals surface area contributed by atoms with E-state index in [1.54, 1.807) is 0 Å². The first-order chi connectivity index (χ1) is 13.2. The SMILES string of the molecule is Cc1ccc(OCCCn2c(-c3ccc(Br)cc3)nc3ccccc32)cc1. The van der Waals surface area contributed by atoms with Gasteiger partial charge >= 0.3 is 0 Å². The number of benzene rings is 3. The van der Waals surface area contributed by atoms with E-state index in [2.05, 4.69) is 82.0 Å². The summed E-state index contributed by atoms with van der Waals surface area (Å²) in [6, 6.07) is 24.8. The number of ether oxygens (including phenoxy) is 1. The lowest BCUT2D eigenvalue weighted by Crippen LogP contribution is -2.06. The second kappa shape index (κ2) is 7.97. The predicted octanol–water partition coefficient (Wildman–Crippen LogP) is 6.24. The molecular formula is C23H21BrN2O. The highest BCUT2D eigenvalue weighted by atomic mass is 79.9. The lowest BCUT2D eigenvalue weighted by Gasteiger charge is -2.11. The van der Waals surface area contributed by atoms with E-state index in [-0.39, 0.29) is 0 Å². The van der Waals surface area contributed by atoms with Crippen molar-refractivity contribution in [1.29, 1.82) is 0 Å². The van der Waals surface area contributed by atoms with Crippen molar-refractivity contribution >= 4 is 27.0 Å². The fourth-order valence-corrected chi connectivity index (χ4v) is 3.43. The molecule has 0 amide bonds. The van der Waals surface area contributed by atoms with Gasteiger partial charge in [-0.2, -0.15) is 0 Å². The van der Waals surface area contributed by atoms with Crippen molar-refractivity contribution in [2.24, 2.45) is 0 Å². The molecule has 1 aromatic heterocycles. The Labute approximate surface area is 167 Å². The molecule has 0 saturated carbocycles. The van der Waals surface area contributed by atoms with Crippen molar-refractivity contribution in [2.75, 3.05) is 6.61 Å². The van der Waals surface area contributed by atoms with Crippen molar-refractivity contribution < 1.29 is 4.74 Å². The summed E-state index contributed by atoms with van der Waals surface area (Å²) in [4.78, 5) is 4.87. The molecule has 0 radical (unpaired) electrons. The van der Waals surface area contributed by atoms with Gasteiger partial charge in [0.15, 0.2) is 0 Å². The van der Waals surface area contributed by atoms with Gasteiger partial charge in [0, 0.05) is 16.6 Å². The summed E-state index contributed by atoms with van der Waals surface area (Å²) in [7, 11) is 0. The number of hydrogen-bond donors (Lipinski definition) is 0. The summed E-state index contributed by atoms with van der Waals surface area (Å²) >= 11 is 3.51. The Bertz CT molecular complexity index is 1040. The Morgan fingerprint density at radius 1 is 0.926 bits per heavy atom. The third-order valence-electron chi connectivity index (χ3n) is 4.57. The lowest BCUT2D eigenvalue weighted by molar-refractivity contribution is 0.303. The fourth-order valence-electron chi connectivity index (χ4n) is 3.17. The van der Waals surface area contributed by atoms with Crippen molar-refractivity contribution in [1.82, 2.24) is 9.55 Å². The van der Waals surface area contributed by atoms with Gasteiger partial charge < -0.3 is 9.30 Å². The molecule has 4 rings (SSSR count). The van der Waals surface area contributed by atoms with Crippen LogP contribution in [0.3, 0.4) is 0 Å². The molecule has 4 heteroatoms. The van der Waals surface area contributed by atoms with Crippen molar-refractivity contribution in [3.8, 4) is 17.1 Å². The van der Waals surface area contributed by atoms with Crippen LogP contribution in [0.15, 0.2) is 77.3 Å². The molecule has 0 unspecified atom stereocenters. The van der Waals surface area contributed by atoms with Gasteiger partial charge in [0.05, 0.1) is 17.6 Å². The van der Waals surface area contributed by atoms with E-state index >= 15 is 0 Å². The number of aryl methyl sites for hydroxylation is 2. The Balaban J connectivity index is 1.53. The number of halogens is 1. The summed E-state index contributed by atoms with van der Waals surface area (Å²) in [5.41, 5.74) is 4.54. The molecule has 136 valence electrons. The van der Waals surface area contributed by atoms with Crippen LogP contribution in [-0.2, 0) is 6.54 Å². The molecule has 0 aliphatic heterocycles. The average molecular weight is 421 g/mol. The van der Waals surface area contributed by atoms with E-state index < -0.39 is 0 Å². The molecule has 27 heavy (non-hydrogen) atoms. The number of fused-ring (bicyclic) bond motifs is 1. The van der Waals surface area contributed by atoms with Crippen LogP contribution in [-0.4, -0.2) is 16.2 Å². The van der Waals surface area contributed by atoms with E-state index in [1.807, 2.05) is 18.2 Å². The summed E-state index contributed by atoms with van der Waals surface area (Å²) < 4.78 is 9.25. The maximum absolute atomic E-state index is 5.89. The van der Waals surface area contributed by atoms with Gasteiger partial charge in [0.2, 0.25) is 0 Å². The maximum Gasteiger partial charge on any atom is 0.141 e. The third-order valence-corrected chi connectivity index (χ3v) is 5.10. The van der Waals surface area contributed by atoms with E-state index in [0.717, 1.165) is 45.6 Å². The summed E-state index contributed by atoms with van der Waals surface area (Å²) in [6.45, 7) is 3.62. The molecule has 1 heterocycles. The van der Waals surface area contributed by atoms with Gasteiger partial charge in [-0.15, -0.1) is 0 Å². The van der Waals surface area contributed by atoms with Crippen LogP contribution in [0.2, 0.25) is 0 Å². The van der Waals surface area contributed by atoms with Crippen LogP contribution >= 0.6 is 15.9 Å². The monoisotopic (exact) mass is 420 g/mol. The minimum absolute atomic E-state index is 0.676. The molecule has 0 spiro atoms. The molecule has 0 atom stereocenters. The molecule has 0 N–H and O–H groups in total. The molecular weight excluding hydrogens is 400 g/mol.